The summed E-state index contributed by atoms with van der Waals surface area (Å²) in [4.78, 5) is 27.6. The molecule has 0 aromatic heterocycles. The molecule has 0 radical (unpaired) electrons. The third-order valence-corrected chi connectivity index (χ3v) is 7.46. The van der Waals surface area contributed by atoms with Crippen molar-refractivity contribution >= 4 is 21.8 Å². The second-order valence-corrected chi connectivity index (χ2v) is 10.7. The number of carbonyl (C=O) groups excluding carboxylic acids is 2. The molecule has 3 N–H and O–H groups in total. The summed E-state index contributed by atoms with van der Waals surface area (Å²) < 4.78 is 32.7. The average molecular weight is 484 g/mol. The van der Waals surface area contributed by atoms with Crippen LogP contribution in [0, 0.1) is 17.8 Å². The van der Waals surface area contributed by atoms with Crippen LogP contribution in [-0.2, 0) is 19.6 Å². The van der Waals surface area contributed by atoms with E-state index in [0.29, 0.717) is 38.1 Å². The number of sulfonamides is 1. The van der Waals surface area contributed by atoms with Crippen molar-refractivity contribution in [2.24, 2.45) is 17.8 Å². The van der Waals surface area contributed by atoms with Gasteiger partial charge in [0.15, 0.2) is 0 Å². The Labute approximate surface area is 196 Å². The first-order chi connectivity index (χ1) is 15.7. The number of rotatable bonds is 12. The molecule has 1 aromatic carbocycles. The van der Waals surface area contributed by atoms with Gasteiger partial charge >= 0.3 is 0 Å². The molecule has 2 rings (SSSR count). The van der Waals surface area contributed by atoms with Crippen LogP contribution in [0.5, 0.6) is 5.75 Å². The van der Waals surface area contributed by atoms with E-state index >= 15 is 0 Å². The summed E-state index contributed by atoms with van der Waals surface area (Å²) in [6.07, 6.45) is 4.41. The van der Waals surface area contributed by atoms with Crippen molar-refractivity contribution < 1.29 is 28.0 Å². The molecule has 10 heteroatoms. The summed E-state index contributed by atoms with van der Waals surface area (Å²) in [6, 6.07) is 6.11. The van der Waals surface area contributed by atoms with Gasteiger partial charge in [0.25, 0.3) is 5.91 Å². The molecule has 0 saturated carbocycles. The number of amides is 2. The zero-order valence-electron chi connectivity index (χ0n) is 19.7. The molecule has 1 aliphatic rings. The van der Waals surface area contributed by atoms with Crippen LogP contribution >= 0.6 is 0 Å². The van der Waals surface area contributed by atoms with E-state index in [1.807, 2.05) is 13.8 Å². The lowest BCUT2D eigenvalue weighted by molar-refractivity contribution is -0.149. The number of piperidine rings is 1. The molecule has 0 aliphatic carbocycles. The molecular weight excluding hydrogens is 446 g/mol. The van der Waals surface area contributed by atoms with Crippen molar-refractivity contribution in [2.45, 2.75) is 57.3 Å². The summed E-state index contributed by atoms with van der Waals surface area (Å²) in [7, 11) is -2.17. The van der Waals surface area contributed by atoms with Crippen LogP contribution in [0.2, 0.25) is 0 Å². The Morgan fingerprint density at radius 3 is 2.30 bits per heavy atom. The molecule has 2 atom stereocenters. The molecule has 1 saturated heterocycles. The van der Waals surface area contributed by atoms with Gasteiger partial charge in [0.05, 0.1) is 12.0 Å². The molecule has 2 amide bonds. The van der Waals surface area contributed by atoms with Gasteiger partial charge in [0, 0.05) is 19.6 Å². The second-order valence-electron chi connectivity index (χ2n) is 8.94. The first-order valence-electron chi connectivity index (χ1n) is 11.6. The van der Waals surface area contributed by atoms with Gasteiger partial charge in [-0.25, -0.2) is 18.6 Å². The lowest BCUT2D eigenvalue weighted by atomic mass is 9.80. The van der Waals surface area contributed by atoms with Gasteiger partial charge in [-0.15, -0.1) is 0 Å². The van der Waals surface area contributed by atoms with E-state index in [-0.39, 0.29) is 29.2 Å². The molecule has 0 unspecified atom stereocenters. The van der Waals surface area contributed by atoms with E-state index in [0.717, 1.165) is 19.3 Å². The van der Waals surface area contributed by atoms with Crippen molar-refractivity contribution in [2.75, 3.05) is 26.7 Å². The minimum atomic E-state index is -3.68. The molecule has 0 spiro atoms. The van der Waals surface area contributed by atoms with Gasteiger partial charge in [-0.1, -0.05) is 13.8 Å². The summed E-state index contributed by atoms with van der Waals surface area (Å²) in [5, 5.41) is 9.31. The molecule has 186 valence electrons. The van der Waals surface area contributed by atoms with Crippen LogP contribution in [0.1, 0.15) is 52.4 Å². The van der Waals surface area contributed by atoms with Gasteiger partial charge in [-0.3, -0.25) is 14.8 Å². The molecule has 33 heavy (non-hydrogen) atoms. The number of hydrogen-bond acceptors (Lipinski definition) is 6. The molecule has 0 bridgehead atoms. The first kappa shape index (κ1) is 27.1. The zero-order valence-corrected chi connectivity index (χ0v) is 20.6. The number of hydrogen-bond donors (Lipinski definition) is 3. The van der Waals surface area contributed by atoms with E-state index in [2.05, 4.69) is 4.72 Å². The van der Waals surface area contributed by atoms with Gasteiger partial charge in [0.2, 0.25) is 15.9 Å². The molecular formula is C23H37N3O6S. The van der Waals surface area contributed by atoms with Crippen LogP contribution < -0.4 is 14.9 Å². The van der Waals surface area contributed by atoms with Crippen molar-refractivity contribution in [3.8, 4) is 5.75 Å². The lowest BCUT2D eigenvalue weighted by Crippen LogP contribution is -2.48. The van der Waals surface area contributed by atoms with Crippen molar-refractivity contribution in [3.05, 3.63) is 24.3 Å². The minimum Gasteiger partial charge on any atom is -0.497 e. The molecule has 1 aromatic rings. The van der Waals surface area contributed by atoms with Gasteiger partial charge in [-0.2, -0.15) is 0 Å². The van der Waals surface area contributed by atoms with Gasteiger partial charge in [0.1, 0.15) is 11.7 Å². The normalized spacial score (nSPS) is 16.3. The molecule has 1 aliphatic heterocycles. The Hall–Kier alpha value is -2.17. The minimum absolute atomic E-state index is 0.139. The number of benzene rings is 1. The van der Waals surface area contributed by atoms with Crippen LogP contribution in [0.3, 0.4) is 0 Å². The molecule has 1 fully saturated rings. The predicted molar refractivity (Wildman–Crippen MR) is 124 cm³/mol. The number of carbonyl (C=O) groups is 2. The number of hydroxylamine groups is 1. The zero-order chi connectivity index (χ0) is 24.4. The Bertz CT molecular complexity index is 867. The van der Waals surface area contributed by atoms with Gasteiger partial charge < -0.3 is 9.64 Å². The fraction of sp³-hybridized carbons (Fsp3) is 0.652. The fourth-order valence-corrected chi connectivity index (χ4v) is 5.42. The summed E-state index contributed by atoms with van der Waals surface area (Å²) >= 11 is 0. The third-order valence-electron chi connectivity index (χ3n) is 5.99. The van der Waals surface area contributed by atoms with Crippen molar-refractivity contribution in [1.29, 1.82) is 0 Å². The average Bonchev–Trinajstić information content (AvgIpc) is 2.81. The Kier molecular flexibility index (Phi) is 10.6. The smallest absolute Gasteiger partial charge is 0.256 e. The number of methoxy groups -OCH3 is 1. The van der Waals surface area contributed by atoms with E-state index in [4.69, 9.17) is 4.74 Å². The maximum absolute atomic E-state index is 13.2. The Balaban J connectivity index is 2.04. The third kappa shape index (κ3) is 7.97. The monoisotopic (exact) mass is 483 g/mol. The van der Waals surface area contributed by atoms with E-state index in [1.165, 1.54) is 19.2 Å². The number of nitrogens with zero attached hydrogens (tertiary/aromatic N) is 1. The highest BCUT2D eigenvalue weighted by Gasteiger charge is 2.37. The standard InChI is InChI=1S/C23H37N3O6S/c1-17(2)16-18(21(22(27)25-29)23(28)26-14-5-4-6-15-26)8-7-13-24-33(30,31)20-11-9-19(32-3)10-12-20/h9-12,17-18,21,24,29H,4-8,13-16H2,1-3H3,(H,25,27)/t18-,21-/m1/s1. The van der Waals surface area contributed by atoms with Crippen LogP contribution in [0.25, 0.3) is 0 Å². The Morgan fingerprint density at radius 2 is 1.76 bits per heavy atom. The molecule has 1 heterocycles. The SMILES string of the molecule is COc1ccc(S(=O)(=O)NCCC[C@H](CC(C)C)[C@H](C(=O)NO)C(=O)N2CCCCC2)cc1. The van der Waals surface area contributed by atoms with Crippen LogP contribution in [0.4, 0.5) is 0 Å². The van der Waals surface area contributed by atoms with Crippen LogP contribution in [0.15, 0.2) is 29.2 Å². The Morgan fingerprint density at radius 1 is 1.12 bits per heavy atom. The topological polar surface area (TPSA) is 125 Å². The summed E-state index contributed by atoms with van der Waals surface area (Å²) in [6.45, 7) is 5.43. The highest BCUT2D eigenvalue weighted by molar-refractivity contribution is 7.89. The maximum atomic E-state index is 13.2. The predicted octanol–water partition coefficient (Wildman–Crippen LogP) is 2.55. The summed E-state index contributed by atoms with van der Waals surface area (Å²) in [5.41, 5.74) is 1.68. The number of nitrogens with one attached hydrogen (secondary N) is 2. The van der Waals surface area contributed by atoms with Crippen LogP contribution in [-0.4, -0.2) is 57.1 Å². The number of ether oxygens (including phenoxy) is 1. The van der Waals surface area contributed by atoms with E-state index in [1.54, 1.807) is 22.5 Å². The highest BCUT2D eigenvalue weighted by atomic mass is 32.2. The lowest BCUT2D eigenvalue weighted by Gasteiger charge is -2.33. The molecule has 9 nitrogen and oxygen atoms in total. The number of likely N-dealkylation sites (tertiary alicyclic amines) is 1. The quantitative estimate of drug-likeness (QED) is 0.182. The second kappa shape index (κ2) is 12.9. The van der Waals surface area contributed by atoms with E-state index in [9.17, 15) is 23.2 Å². The summed E-state index contributed by atoms with van der Waals surface area (Å²) in [5.74, 6) is -1.46. The maximum Gasteiger partial charge on any atom is 0.256 e. The van der Waals surface area contributed by atoms with E-state index < -0.39 is 21.8 Å². The largest absolute Gasteiger partial charge is 0.497 e. The van der Waals surface area contributed by atoms with Crippen molar-refractivity contribution in [3.63, 3.8) is 0 Å². The first-order valence-corrected chi connectivity index (χ1v) is 13.0. The van der Waals surface area contributed by atoms with Gasteiger partial charge in [-0.05, 0) is 74.6 Å². The highest BCUT2D eigenvalue weighted by Crippen LogP contribution is 2.28. The van der Waals surface area contributed by atoms with Crippen molar-refractivity contribution in [1.82, 2.24) is 15.1 Å². The fourth-order valence-electron chi connectivity index (χ4n) is 4.34.